The molecule has 4 nitrogen and oxygen atoms in total. The molecule has 1 aromatic rings. The second-order valence-electron chi connectivity index (χ2n) is 3.42. The van der Waals surface area contributed by atoms with Crippen LogP contribution in [0.2, 0.25) is 0 Å². The van der Waals surface area contributed by atoms with Gasteiger partial charge in [0.25, 0.3) is 0 Å². The summed E-state index contributed by atoms with van der Waals surface area (Å²) in [6.07, 6.45) is 6.77. The van der Waals surface area contributed by atoms with Crippen molar-refractivity contribution in [2.24, 2.45) is 7.05 Å². The fourth-order valence-corrected chi connectivity index (χ4v) is 1.50. The predicted octanol–water partition coefficient (Wildman–Crippen LogP) is -0.134. The smallest absolute Gasteiger partial charge is 0.304 e. The molecule has 0 aliphatic carbocycles. The summed E-state index contributed by atoms with van der Waals surface area (Å²) >= 11 is 0. The van der Waals surface area contributed by atoms with Gasteiger partial charge >= 0.3 is 5.82 Å². The van der Waals surface area contributed by atoms with Crippen LogP contribution in [0.25, 0.3) is 0 Å². The molecule has 0 bridgehead atoms. The van der Waals surface area contributed by atoms with E-state index in [-0.39, 0.29) is 5.82 Å². The van der Waals surface area contributed by atoms with Crippen molar-refractivity contribution in [1.29, 1.82) is 0 Å². The van der Waals surface area contributed by atoms with Crippen molar-refractivity contribution in [2.75, 3.05) is 0 Å². The van der Waals surface area contributed by atoms with Crippen LogP contribution in [0.5, 0.6) is 0 Å². The molecule has 0 amide bonds. The van der Waals surface area contributed by atoms with Crippen LogP contribution in [0.4, 0.5) is 0 Å². The van der Waals surface area contributed by atoms with E-state index in [4.69, 9.17) is 0 Å². The van der Waals surface area contributed by atoms with Crippen LogP contribution in [-0.4, -0.2) is 10.5 Å². The van der Waals surface area contributed by atoms with Crippen molar-refractivity contribution in [1.82, 2.24) is 4.57 Å². The molecule has 0 N–H and O–H groups in total. The quantitative estimate of drug-likeness (QED) is 0.486. The summed E-state index contributed by atoms with van der Waals surface area (Å²) in [6.45, 7) is 2.87. The van der Waals surface area contributed by atoms with E-state index in [0.717, 1.165) is 25.8 Å². The summed E-state index contributed by atoms with van der Waals surface area (Å²) in [5.41, 5.74) is 0. The lowest BCUT2D eigenvalue weighted by molar-refractivity contribution is -0.675. The highest BCUT2D eigenvalue weighted by atomic mass is 16.4. The molecule has 0 unspecified atom stereocenters. The molecule has 1 rings (SSSR count). The van der Waals surface area contributed by atoms with E-state index < -0.39 is 5.97 Å². The predicted molar refractivity (Wildman–Crippen MR) is 49.5 cm³/mol. The van der Waals surface area contributed by atoms with E-state index in [2.05, 4.69) is 6.92 Å². The van der Waals surface area contributed by atoms with E-state index in [9.17, 15) is 9.90 Å². The van der Waals surface area contributed by atoms with Gasteiger partial charge in [-0.25, -0.2) is 9.13 Å². The van der Waals surface area contributed by atoms with E-state index in [1.165, 1.54) is 0 Å². The summed E-state index contributed by atoms with van der Waals surface area (Å²) in [5.74, 6) is -0.880. The SMILES string of the molecule is CCCCCn1cc[n+](C)c1C(=O)[O-]. The largest absolute Gasteiger partial charge is 0.538 e. The van der Waals surface area contributed by atoms with Crippen molar-refractivity contribution in [3.8, 4) is 0 Å². The lowest BCUT2D eigenvalue weighted by Crippen LogP contribution is -2.41. The molecule has 0 saturated heterocycles. The molecule has 0 spiro atoms. The van der Waals surface area contributed by atoms with E-state index in [1.807, 2.05) is 0 Å². The number of aryl methyl sites for hydroxylation is 2. The Labute approximate surface area is 83.8 Å². The van der Waals surface area contributed by atoms with Gasteiger partial charge in [0, 0.05) is 0 Å². The Bertz CT molecular complexity index is 318. The number of carboxylic acids is 1. The third kappa shape index (κ3) is 2.34. The van der Waals surface area contributed by atoms with E-state index in [1.54, 1.807) is 28.6 Å². The lowest BCUT2D eigenvalue weighted by atomic mass is 10.2. The molecular weight excluding hydrogens is 180 g/mol. The minimum Gasteiger partial charge on any atom is -0.538 e. The normalized spacial score (nSPS) is 10.4. The second-order valence-corrected chi connectivity index (χ2v) is 3.42. The lowest BCUT2D eigenvalue weighted by Gasteiger charge is -2.02. The summed E-state index contributed by atoms with van der Waals surface area (Å²) in [4.78, 5) is 10.8. The molecule has 4 heteroatoms. The maximum atomic E-state index is 10.8. The second kappa shape index (κ2) is 4.79. The third-order valence-corrected chi connectivity index (χ3v) is 2.26. The van der Waals surface area contributed by atoms with Crippen LogP contribution >= 0.6 is 0 Å². The number of carboxylic acid groups (broad SMARTS) is 1. The number of carbonyl (C=O) groups is 1. The van der Waals surface area contributed by atoms with Gasteiger partial charge < -0.3 is 9.90 Å². The molecule has 14 heavy (non-hydrogen) atoms. The molecule has 1 aromatic heterocycles. The van der Waals surface area contributed by atoms with Gasteiger partial charge in [-0.3, -0.25) is 0 Å². The molecule has 0 radical (unpaired) electrons. The van der Waals surface area contributed by atoms with Crippen LogP contribution in [0.15, 0.2) is 12.4 Å². The Morgan fingerprint density at radius 3 is 2.86 bits per heavy atom. The van der Waals surface area contributed by atoms with Gasteiger partial charge in [-0.1, -0.05) is 13.3 Å². The standard InChI is InChI=1S/C10H16N2O2/c1-3-4-5-6-12-8-7-11(2)9(12)10(13)14/h7-8H,3-6H2,1-2H3. The van der Waals surface area contributed by atoms with Gasteiger partial charge in [0.15, 0.2) is 5.97 Å². The summed E-state index contributed by atoms with van der Waals surface area (Å²) in [6, 6.07) is 0. The highest BCUT2D eigenvalue weighted by Crippen LogP contribution is 2.00. The highest BCUT2D eigenvalue weighted by Gasteiger charge is 2.14. The third-order valence-electron chi connectivity index (χ3n) is 2.26. The zero-order chi connectivity index (χ0) is 10.6. The molecule has 0 atom stereocenters. The van der Waals surface area contributed by atoms with Gasteiger partial charge in [-0.15, -0.1) is 0 Å². The van der Waals surface area contributed by atoms with Crippen molar-refractivity contribution in [3.05, 3.63) is 18.2 Å². The number of hydrogen-bond acceptors (Lipinski definition) is 2. The maximum absolute atomic E-state index is 10.8. The summed E-state index contributed by atoms with van der Waals surface area (Å²) < 4.78 is 3.30. The number of rotatable bonds is 5. The first kappa shape index (κ1) is 10.8. The fraction of sp³-hybridized carbons (Fsp3) is 0.600. The molecule has 0 fully saturated rings. The number of aromatic carboxylic acids is 1. The topological polar surface area (TPSA) is 48.9 Å². The minimum absolute atomic E-state index is 0.237. The number of hydrogen-bond donors (Lipinski definition) is 0. The number of carbonyl (C=O) groups excluding carboxylic acids is 1. The molecule has 0 aliphatic heterocycles. The van der Waals surface area contributed by atoms with Gasteiger partial charge in [-0.2, -0.15) is 0 Å². The molecule has 0 saturated carbocycles. The van der Waals surface area contributed by atoms with Crippen LogP contribution in [0.1, 0.15) is 36.8 Å². The van der Waals surface area contributed by atoms with Gasteiger partial charge in [0.1, 0.15) is 12.4 Å². The monoisotopic (exact) mass is 196 g/mol. The zero-order valence-electron chi connectivity index (χ0n) is 8.69. The molecule has 78 valence electrons. The minimum atomic E-state index is -1.12. The van der Waals surface area contributed by atoms with Crippen LogP contribution in [0, 0.1) is 0 Å². The Balaban J connectivity index is 2.71. The molecular formula is C10H16N2O2. The number of aromatic nitrogens is 2. The van der Waals surface area contributed by atoms with Crippen molar-refractivity contribution in [3.63, 3.8) is 0 Å². The maximum Gasteiger partial charge on any atom is 0.304 e. The summed E-state index contributed by atoms with van der Waals surface area (Å²) in [7, 11) is 1.71. The van der Waals surface area contributed by atoms with Crippen LogP contribution in [0.3, 0.4) is 0 Å². The van der Waals surface area contributed by atoms with E-state index >= 15 is 0 Å². The molecule has 0 aromatic carbocycles. The van der Waals surface area contributed by atoms with Crippen LogP contribution in [-0.2, 0) is 13.6 Å². The first-order valence-electron chi connectivity index (χ1n) is 4.93. The number of nitrogens with zero attached hydrogens (tertiary/aromatic N) is 2. The molecule has 1 heterocycles. The Morgan fingerprint density at radius 2 is 2.29 bits per heavy atom. The zero-order valence-corrected chi connectivity index (χ0v) is 8.69. The summed E-state index contributed by atoms with van der Waals surface area (Å²) in [5, 5.41) is 10.8. The number of imidazole rings is 1. The Morgan fingerprint density at radius 1 is 1.57 bits per heavy atom. The fourth-order valence-electron chi connectivity index (χ4n) is 1.50. The van der Waals surface area contributed by atoms with Crippen molar-refractivity contribution in [2.45, 2.75) is 32.7 Å². The Kier molecular flexibility index (Phi) is 3.68. The molecule has 0 aliphatic rings. The van der Waals surface area contributed by atoms with Gasteiger partial charge in [0.2, 0.25) is 0 Å². The number of unbranched alkanes of at least 4 members (excludes halogenated alkanes) is 2. The van der Waals surface area contributed by atoms with Gasteiger partial charge in [0.05, 0.1) is 13.6 Å². The van der Waals surface area contributed by atoms with Gasteiger partial charge in [-0.05, 0) is 12.8 Å². The average Bonchev–Trinajstić information content (AvgIpc) is 2.47. The van der Waals surface area contributed by atoms with Crippen molar-refractivity contribution < 1.29 is 14.5 Å². The average molecular weight is 196 g/mol. The highest BCUT2D eigenvalue weighted by molar-refractivity contribution is 5.79. The van der Waals surface area contributed by atoms with Crippen LogP contribution < -0.4 is 9.67 Å². The van der Waals surface area contributed by atoms with E-state index in [0.29, 0.717) is 0 Å². The van der Waals surface area contributed by atoms with Crippen molar-refractivity contribution >= 4 is 5.97 Å². The first-order chi connectivity index (χ1) is 6.66. The first-order valence-corrected chi connectivity index (χ1v) is 4.93. The Hall–Kier alpha value is -1.32.